The van der Waals surface area contributed by atoms with Gasteiger partial charge >= 0.3 is 0 Å². The Morgan fingerprint density at radius 1 is 1.03 bits per heavy atom. The highest BCUT2D eigenvalue weighted by Crippen LogP contribution is 2.30. The van der Waals surface area contributed by atoms with Crippen LogP contribution in [0.5, 0.6) is 0 Å². The minimum Gasteiger partial charge on any atom is -0.339 e. The molecule has 0 spiro atoms. The minimum absolute atomic E-state index is 0.00311. The molecule has 2 aromatic rings. The second-order valence-electron chi connectivity index (χ2n) is 8.48. The Hall–Kier alpha value is -2.83. The summed E-state index contributed by atoms with van der Waals surface area (Å²) in [6, 6.07) is 5.85. The van der Waals surface area contributed by atoms with Gasteiger partial charge in [-0.25, -0.2) is 14.4 Å². The van der Waals surface area contributed by atoms with Gasteiger partial charge in [-0.05, 0) is 63.1 Å². The zero-order valence-electron chi connectivity index (χ0n) is 18.0. The van der Waals surface area contributed by atoms with Crippen molar-refractivity contribution in [2.75, 3.05) is 19.6 Å². The molecule has 6 nitrogen and oxygen atoms in total. The summed E-state index contributed by atoms with van der Waals surface area (Å²) in [7, 11) is 0. The number of benzene rings is 1. The molecule has 4 rings (SSSR count). The van der Waals surface area contributed by atoms with Crippen LogP contribution in [0.15, 0.2) is 30.5 Å². The Morgan fingerprint density at radius 3 is 2.45 bits per heavy atom. The predicted molar refractivity (Wildman–Crippen MR) is 115 cm³/mol. The summed E-state index contributed by atoms with van der Waals surface area (Å²) in [4.78, 5) is 38.8. The second kappa shape index (κ2) is 9.54. The monoisotopic (exact) mass is 424 g/mol. The van der Waals surface area contributed by atoms with E-state index in [9.17, 15) is 14.0 Å². The van der Waals surface area contributed by atoms with Crippen molar-refractivity contribution < 1.29 is 14.0 Å². The van der Waals surface area contributed by atoms with E-state index >= 15 is 0 Å². The molecule has 3 heterocycles. The van der Waals surface area contributed by atoms with Gasteiger partial charge in [0.25, 0.3) is 5.91 Å². The summed E-state index contributed by atoms with van der Waals surface area (Å²) in [5.74, 6) is 0.276. The van der Waals surface area contributed by atoms with Crippen LogP contribution in [0.4, 0.5) is 4.39 Å². The van der Waals surface area contributed by atoms with Gasteiger partial charge in [0.05, 0.1) is 23.7 Å². The third-order valence-corrected chi connectivity index (χ3v) is 6.26. The number of amides is 2. The van der Waals surface area contributed by atoms with Crippen LogP contribution in [0.2, 0.25) is 0 Å². The lowest BCUT2D eigenvalue weighted by molar-refractivity contribution is -0.134. The van der Waals surface area contributed by atoms with Crippen LogP contribution in [0.25, 0.3) is 0 Å². The minimum atomic E-state index is -0.310. The third-order valence-electron chi connectivity index (χ3n) is 6.26. The Balaban J connectivity index is 1.50. The van der Waals surface area contributed by atoms with Crippen LogP contribution in [0.1, 0.15) is 72.0 Å². The lowest BCUT2D eigenvalue weighted by Gasteiger charge is -2.35. The molecule has 1 atom stereocenters. The second-order valence-corrected chi connectivity index (χ2v) is 8.48. The van der Waals surface area contributed by atoms with E-state index < -0.39 is 0 Å². The number of hydrogen-bond acceptors (Lipinski definition) is 4. The van der Waals surface area contributed by atoms with Crippen LogP contribution < -0.4 is 0 Å². The SMILES string of the molecule is Cc1nc(C2CCCCN2C(=O)Cc2ccc(F)cc2)ncc1C(=O)N1CCCCC1. The summed E-state index contributed by atoms with van der Waals surface area (Å²) >= 11 is 0. The lowest BCUT2D eigenvalue weighted by Crippen LogP contribution is -2.40. The van der Waals surface area contributed by atoms with Gasteiger partial charge in [-0.2, -0.15) is 0 Å². The zero-order chi connectivity index (χ0) is 21.8. The number of halogens is 1. The van der Waals surface area contributed by atoms with E-state index in [1.165, 1.54) is 18.6 Å². The summed E-state index contributed by atoms with van der Waals surface area (Å²) in [5.41, 5.74) is 2.00. The molecule has 2 saturated heterocycles. The molecule has 0 radical (unpaired) electrons. The van der Waals surface area contributed by atoms with Crippen LogP contribution in [-0.4, -0.2) is 51.2 Å². The summed E-state index contributed by atoms with van der Waals surface area (Å²) in [6.45, 7) is 4.07. The van der Waals surface area contributed by atoms with Gasteiger partial charge in [-0.3, -0.25) is 9.59 Å². The first-order chi connectivity index (χ1) is 15.0. The standard InChI is InChI=1S/C24H29FN4O2/c1-17-20(24(31)28-12-4-2-5-13-28)16-26-23(27-17)21-7-3-6-14-29(21)22(30)15-18-8-10-19(25)11-9-18/h8-11,16,21H,2-7,12-15H2,1H3. The Kier molecular flexibility index (Phi) is 6.59. The average molecular weight is 425 g/mol. The van der Waals surface area contributed by atoms with E-state index in [-0.39, 0.29) is 30.1 Å². The molecular formula is C24H29FN4O2. The average Bonchev–Trinajstić information content (AvgIpc) is 2.80. The van der Waals surface area contributed by atoms with E-state index in [2.05, 4.69) is 9.97 Å². The molecule has 164 valence electrons. The first-order valence-electron chi connectivity index (χ1n) is 11.2. The Morgan fingerprint density at radius 2 is 1.74 bits per heavy atom. The Bertz CT molecular complexity index is 941. The van der Waals surface area contributed by atoms with E-state index in [1.54, 1.807) is 18.3 Å². The first-order valence-corrected chi connectivity index (χ1v) is 11.2. The van der Waals surface area contributed by atoms with Crippen molar-refractivity contribution in [3.05, 3.63) is 58.9 Å². The highest BCUT2D eigenvalue weighted by Gasteiger charge is 2.31. The van der Waals surface area contributed by atoms with E-state index in [0.29, 0.717) is 23.6 Å². The van der Waals surface area contributed by atoms with Gasteiger partial charge in [0.1, 0.15) is 5.82 Å². The Labute approximate surface area is 182 Å². The van der Waals surface area contributed by atoms with Crippen molar-refractivity contribution in [1.29, 1.82) is 0 Å². The maximum atomic E-state index is 13.2. The van der Waals surface area contributed by atoms with Crippen molar-refractivity contribution in [3.63, 3.8) is 0 Å². The molecule has 7 heteroatoms. The van der Waals surface area contributed by atoms with E-state index in [4.69, 9.17) is 0 Å². The normalized spacial score (nSPS) is 19.4. The predicted octanol–water partition coefficient (Wildman–Crippen LogP) is 3.85. The molecule has 2 fully saturated rings. The maximum Gasteiger partial charge on any atom is 0.257 e. The molecule has 1 aromatic heterocycles. The molecule has 31 heavy (non-hydrogen) atoms. The molecule has 0 aliphatic carbocycles. The molecule has 2 amide bonds. The highest BCUT2D eigenvalue weighted by atomic mass is 19.1. The number of aryl methyl sites for hydroxylation is 1. The fourth-order valence-corrected chi connectivity index (χ4v) is 4.50. The van der Waals surface area contributed by atoms with Gasteiger partial charge in [-0.1, -0.05) is 12.1 Å². The molecule has 2 aliphatic heterocycles. The van der Waals surface area contributed by atoms with Gasteiger partial charge in [0.15, 0.2) is 5.82 Å². The molecule has 0 N–H and O–H groups in total. The molecule has 2 aliphatic rings. The highest BCUT2D eigenvalue weighted by molar-refractivity contribution is 5.95. The van der Waals surface area contributed by atoms with Crippen molar-refractivity contribution >= 4 is 11.8 Å². The number of hydrogen-bond donors (Lipinski definition) is 0. The van der Waals surface area contributed by atoms with Crippen molar-refractivity contribution in [3.8, 4) is 0 Å². The van der Waals surface area contributed by atoms with Crippen molar-refractivity contribution in [2.24, 2.45) is 0 Å². The van der Waals surface area contributed by atoms with Crippen molar-refractivity contribution in [1.82, 2.24) is 19.8 Å². The van der Waals surface area contributed by atoms with Crippen LogP contribution >= 0.6 is 0 Å². The van der Waals surface area contributed by atoms with Gasteiger partial charge < -0.3 is 9.80 Å². The summed E-state index contributed by atoms with van der Waals surface area (Å²) in [6.07, 6.45) is 7.84. The topological polar surface area (TPSA) is 66.4 Å². The smallest absolute Gasteiger partial charge is 0.257 e. The summed E-state index contributed by atoms with van der Waals surface area (Å²) in [5, 5.41) is 0. The zero-order valence-corrected chi connectivity index (χ0v) is 18.0. The van der Waals surface area contributed by atoms with Crippen molar-refractivity contribution in [2.45, 2.75) is 57.9 Å². The molecule has 1 aromatic carbocycles. The number of rotatable bonds is 4. The third kappa shape index (κ3) is 4.92. The van der Waals surface area contributed by atoms with E-state index in [0.717, 1.165) is 50.8 Å². The first kappa shape index (κ1) is 21.4. The fraction of sp³-hybridized carbons (Fsp3) is 0.500. The fourth-order valence-electron chi connectivity index (χ4n) is 4.50. The van der Waals surface area contributed by atoms with Gasteiger partial charge in [0.2, 0.25) is 5.91 Å². The van der Waals surface area contributed by atoms with Gasteiger partial charge in [-0.15, -0.1) is 0 Å². The van der Waals surface area contributed by atoms with E-state index in [1.807, 2.05) is 16.7 Å². The van der Waals surface area contributed by atoms with Crippen LogP contribution in [-0.2, 0) is 11.2 Å². The number of likely N-dealkylation sites (tertiary alicyclic amines) is 2. The molecular weight excluding hydrogens is 395 g/mol. The summed E-state index contributed by atoms with van der Waals surface area (Å²) < 4.78 is 13.2. The number of aromatic nitrogens is 2. The lowest BCUT2D eigenvalue weighted by atomic mass is 9.99. The number of nitrogens with zero attached hydrogens (tertiary/aromatic N) is 4. The number of piperidine rings is 2. The molecule has 0 bridgehead atoms. The van der Waals surface area contributed by atoms with Gasteiger partial charge in [0, 0.05) is 25.8 Å². The quantitative estimate of drug-likeness (QED) is 0.748. The molecule has 0 saturated carbocycles. The maximum absolute atomic E-state index is 13.2. The van der Waals surface area contributed by atoms with Crippen LogP contribution in [0.3, 0.4) is 0 Å². The largest absolute Gasteiger partial charge is 0.339 e. The number of carbonyl (C=O) groups excluding carboxylic acids is 2. The van der Waals surface area contributed by atoms with Crippen LogP contribution in [0, 0.1) is 12.7 Å². The number of carbonyl (C=O) groups is 2. The molecule has 1 unspecified atom stereocenters.